The smallest absolute Gasteiger partial charge is 0.161 e. The van der Waals surface area contributed by atoms with Crippen molar-refractivity contribution in [1.29, 1.82) is 0 Å². The molecule has 6 nitrogen and oxygen atoms in total. The number of H-pyrrole nitrogens is 1. The summed E-state index contributed by atoms with van der Waals surface area (Å²) in [7, 11) is 3.35. The fraction of sp³-hybridized carbons (Fsp3) is 0.500. The lowest BCUT2D eigenvalue weighted by atomic mass is 10.2. The Labute approximate surface area is 142 Å². The van der Waals surface area contributed by atoms with Gasteiger partial charge in [0.1, 0.15) is 0 Å². The maximum atomic E-state index is 6.14. The molecule has 0 atom stereocenters. The fourth-order valence-corrected chi connectivity index (χ4v) is 3.03. The van der Waals surface area contributed by atoms with Crippen LogP contribution < -0.4 is 14.8 Å². The van der Waals surface area contributed by atoms with Crippen LogP contribution >= 0.6 is 0 Å². The van der Waals surface area contributed by atoms with Gasteiger partial charge < -0.3 is 19.5 Å². The molecular weight excluding hydrogens is 306 g/mol. The number of hydrogen-bond acceptors (Lipinski definition) is 5. The number of rotatable bonds is 8. The summed E-state index contributed by atoms with van der Waals surface area (Å²) in [5.41, 5.74) is 2.13. The lowest BCUT2D eigenvalue weighted by Gasteiger charge is -2.17. The Kier molecular flexibility index (Phi) is 5.59. The minimum Gasteiger partial charge on any atom is -0.493 e. The predicted molar refractivity (Wildman–Crippen MR) is 92.5 cm³/mol. The average Bonchev–Trinajstić information content (AvgIpc) is 3.25. The first kappa shape index (κ1) is 16.6. The summed E-state index contributed by atoms with van der Waals surface area (Å²) in [5.74, 6) is 2.42. The Morgan fingerprint density at radius 1 is 1.21 bits per heavy atom. The van der Waals surface area contributed by atoms with E-state index in [4.69, 9.17) is 14.2 Å². The van der Waals surface area contributed by atoms with E-state index in [9.17, 15) is 0 Å². The van der Waals surface area contributed by atoms with Crippen molar-refractivity contribution in [3.05, 3.63) is 35.5 Å². The Hall–Kier alpha value is -2.21. The van der Waals surface area contributed by atoms with Gasteiger partial charge in [-0.05, 0) is 43.4 Å². The minimum absolute atomic E-state index is 0.307. The zero-order chi connectivity index (χ0) is 16.8. The molecule has 0 amide bonds. The van der Waals surface area contributed by atoms with Crippen LogP contribution in [0.5, 0.6) is 11.5 Å². The Bertz CT molecular complexity index is 651. The van der Waals surface area contributed by atoms with Gasteiger partial charge in [0.05, 0.1) is 19.8 Å². The molecule has 24 heavy (non-hydrogen) atoms. The molecule has 3 rings (SSSR count). The van der Waals surface area contributed by atoms with E-state index in [1.165, 1.54) is 12.8 Å². The van der Waals surface area contributed by atoms with Gasteiger partial charge in [-0.2, -0.15) is 5.10 Å². The summed E-state index contributed by atoms with van der Waals surface area (Å²) in [4.78, 5) is 0. The summed E-state index contributed by atoms with van der Waals surface area (Å²) >= 11 is 0. The van der Waals surface area contributed by atoms with Gasteiger partial charge in [-0.1, -0.05) is 6.07 Å². The van der Waals surface area contributed by atoms with E-state index in [2.05, 4.69) is 15.5 Å². The molecule has 0 aliphatic heterocycles. The van der Waals surface area contributed by atoms with E-state index >= 15 is 0 Å². The molecule has 6 heteroatoms. The van der Waals surface area contributed by atoms with Gasteiger partial charge >= 0.3 is 0 Å². The summed E-state index contributed by atoms with van der Waals surface area (Å²) < 4.78 is 16.7. The van der Waals surface area contributed by atoms with Crippen LogP contribution in [0.1, 0.15) is 36.8 Å². The number of hydrogen-bond donors (Lipinski definition) is 2. The lowest BCUT2D eigenvalue weighted by Crippen LogP contribution is -2.12. The minimum atomic E-state index is 0.307. The van der Waals surface area contributed by atoms with Crippen molar-refractivity contribution in [1.82, 2.24) is 10.2 Å². The largest absolute Gasteiger partial charge is 0.493 e. The highest BCUT2D eigenvalue weighted by molar-refractivity contribution is 5.46. The van der Waals surface area contributed by atoms with Crippen molar-refractivity contribution in [2.45, 2.75) is 44.9 Å². The summed E-state index contributed by atoms with van der Waals surface area (Å²) in [6, 6.07) is 6.05. The summed E-state index contributed by atoms with van der Waals surface area (Å²) in [6.45, 7) is 1.18. The average molecular weight is 331 g/mol. The van der Waals surface area contributed by atoms with Gasteiger partial charge in [0.15, 0.2) is 17.3 Å². The van der Waals surface area contributed by atoms with E-state index in [0.29, 0.717) is 19.3 Å². The zero-order valence-electron chi connectivity index (χ0n) is 14.3. The first-order valence-corrected chi connectivity index (χ1v) is 8.39. The van der Waals surface area contributed by atoms with E-state index in [1.807, 2.05) is 24.4 Å². The van der Waals surface area contributed by atoms with Crippen LogP contribution in [0.3, 0.4) is 0 Å². The molecule has 0 bridgehead atoms. The van der Waals surface area contributed by atoms with E-state index in [1.54, 1.807) is 14.2 Å². The second-order valence-corrected chi connectivity index (χ2v) is 6.06. The molecule has 0 unspecified atom stereocenters. The van der Waals surface area contributed by atoms with Crippen LogP contribution in [-0.2, 0) is 17.9 Å². The number of nitrogens with zero attached hydrogens (tertiary/aromatic N) is 1. The SMILES string of the molecule is COCc1c[nH]nc1NCc1ccc(OC)c(OC2CCCC2)c1. The third-order valence-electron chi connectivity index (χ3n) is 4.30. The van der Waals surface area contributed by atoms with E-state index in [0.717, 1.165) is 41.3 Å². The Balaban J connectivity index is 1.67. The predicted octanol–water partition coefficient (Wildman–Crippen LogP) is 3.50. The third-order valence-corrected chi connectivity index (χ3v) is 4.30. The monoisotopic (exact) mass is 331 g/mol. The van der Waals surface area contributed by atoms with Gasteiger partial charge in [-0.25, -0.2) is 0 Å². The second-order valence-electron chi connectivity index (χ2n) is 6.06. The van der Waals surface area contributed by atoms with Gasteiger partial charge in [0.25, 0.3) is 0 Å². The molecule has 1 aliphatic carbocycles. The van der Waals surface area contributed by atoms with Crippen molar-refractivity contribution < 1.29 is 14.2 Å². The molecule has 1 aliphatic rings. The maximum absolute atomic E-state index is 6.14. The molecule has 1 fully saturated rings. The van der Waals surface area contributed by atoms with Crippen LogP contribution in [0, 0.1) is 0 Å². The van der Waals surface area contributed by atoms with Crippen LogP contribution in [0.25, 0.3) is 0 Å². The van der Waals surface area contributed by atoms with Crippen molar-refractivity contribution in [3.8, 4) is 11.5 Å². The molecule has 0 saturated heterocycles. The van der Waals surface area contributed by atoms with Crippen LogP contribution in [0.2, 0.25) is 0 Å². The molecule has 130 valence electrons. The Morgan fingerprint density at radius 3 is 2.79 bits per heavy atom. The topological polar surface area (TPSA) is 68.4 Å². The zero-order valence-corrected chi connectivity index (χ0v) is 14.3. The summed E-state index contributed by atoms with van der Waals surface area (Å²) in [5, 5.41) is 10.4. The highest BCUT2D eigenvalue weighted by atomic mass is 16.5. The van der Waals surface area contributed by atoms with Crippen LogP contribution in [0.4, 0.5) is 5.82 Å². The van der Waals surface area contributed by atoms with Crippen LogP contribution in [0.15, 0.2) is 24.4 Å². The number of benzene rings is 1. The molecule has 1 aromatic carbocycles. The molecule has 0 radical (unpaired) electrons. The Morgan fingerprint density at radius 2 is 2.04 bits per heavy atom. The summed E-state index contributed by atoms with van der Waals surface area (Å²) in [6.07, 6.45) is 6.89. The normalized spacial score (nSPS) is 14.8. The fourth-order valence-electron chi connectivity index (χ4n) is 3.03. The quantitative estimate of drug-likeness (QED) is 0.775. The van der Waals surface area contributed by atoms with Gasteiger partial charge in [-0.15, -0.1) is 0 Å². The van der Waals surface area contributed by atoms with E-state index < -0.39 is 0 Å². The maximum Gasteiger partial charge on any atom is 0.161 e. The number of anilines is 1. The number of aromatic amines is 1. The number of aromatic nitrogens is 2. The van der Waals surface area contributed by atoms with Gasteiger partial charge in [0, 0.05) is 25.4 Å². The lowest BCUT2D eigenvalue weighted by molar-refractivity contribution is 0.185. The molecule has 1 saturated carbocycles. The second kappa shape index (κ2) is 8.06. The molecule has 1 aromatic heterocycles. The van der Waals surface area contributed by atoms with E-state index in [-0.39, 0.29) is 0 Å². The molecule has 1 heterocycles. The standard InChI is InChI=1S/C18H25N3O3/c1-22-12-14-11-20-21-18(14)19-10-13-7-8-16(23-2)17(9-13)24-15-5-3-4-6-15/h7-9,11,15H,3-6,10,12H2,1-2H3,(H2,19,20,21). The highest BCUT2D eigenvalue weighted by Gasteiger charge is 2.18. The first-order chi connectivity index (χ1) is 11.8. The van der Waals surface area contributed by atoms with Gasteiger partial charge in [-0.3, -0.25) is 5.10 Å². The number of ether oxygens (including phenoxy) is 3. The molecular formula is C18H25N3O3. The highest BCUT2D eigenvalue weighted by Crippen LogP contribution is 2.32. The molecule has 2 aromatic rings. The number of methoxy groups -OCH3 is 2. The van der Waals surface area contributed by atoms with Crippen LogP contribution in [-0.4, -0.2) is 30.5 Å². The third kappa shape index (κ3) is 4.00. The van der Waals surface area contributed by atoms with Crippen molar-refractivity contribution in [3.63, 3.8) is 0 Å². The number of nitrogens with one attached hydrogen (secondary N) is 2. The van der Waals surface area contributed by atoms with Gasteiger partial charge in [0.2, 0.25) is 0 Å². The van der Waals surface area contributed by atoms with Crippen molar-refractivity contribution in [2.24, 2.45) is 0 Å². The molecule has 0 spiro atoms. The molecule has 2 N–H and O–H groups in total. The van der Waals surface area contributed by atoms with Crippen molar-refractivity contribution in [2.75, 3.05) is 19.5 Å². The first-order valence-electron chi connectivity index (χ1n) is 8.39. The van der Waals surface area contributed by atoms with Crippen molar-refractivity contribution >= 4 is 5.82 Å².